The molecule has 0 saturated heterocycles. The van der Waals surface area contributed by atoms with Gasteiger partial charge >= 0.3 is 0 Å². The van der Waals surface area contributed by atoms with Crippen LogP contribution in [0.5, 0.6) is 0 Å². The molecule has 0 aliphatic rings. The summed E-state index contributed by atoms with van der Waals surface area (Å²) >= 11 is 1.90. The molecule has 4 nitrogen and oxygen atoms in total. The fourth-order valence-electron chi connectivity index (χ4n) is 1.53. The zero-order valence-electron chi connectivity index (χ0n) is 11.8. The number of aromatic nitrogens is 2. The molecular weight excluding hydrogens is 244 g/mol. The van der Waals surface area contributed by atoms with Gasteiger partial charge in [0.15, 0.2) is 0 Å². The van der Waals surface area contributed by atoms with E-state index in [0.717, 1.165) is 24.0 Å². The maximum Gasteiger partial charge on any atom is 0.135 e. The van der Waals surface area contributed by atoms with Gasteiger partial charge in [0.1, 0.15) is 17.5 Å². The molecule has 0 fully saturated rings. The first kappa shape index (κ1) is 15.1. The Balaban J connectivity index is 2.56. The van der Waals surface area contributed by atoms with Crippen molar-refractivity contribution in [1.82, 2.24) is 9.97 Å². The Bertz CT molecular complexity index is 355. The van der Waals surface area contributed by atoms with Crippen LogP contribution in [0, 0.1) is 0 Å². The van der Waals surface area contributed by atoms with E-state index in [4.69, 9.17) is 0 Å². The summed E-state index contributed by atoms with van der Waals surface area (Å²) in [5.74, 6) is 4.25. The van der Waals surface area contributed by atoms with Crippen molar-refractivity contribution in [2.75, 3.05) is 36.2 Å². The molecule has 0 aliphatic heterocycles. The Kier molecular flexibility index (Phi) is 6.86. The van der Waals surface area contributed by atoms with Gasteiger partial charge < -0.3 is 10.6 Å². The van der Waals surface area contributed by atoms with Crippen molar-refractivity contribution < 1.29 is 0 Å². The van der Waals surface area contributed by atoms with Gasteiger partial charge in [-0.25, -0.2) is 9.97 Å². The van der Waals surface area contributed by atoms with Crippen LogP contribution in [0.25, 0.3) is 0 Å². The summed E-state index contributed by atoms with van der Waals surface area (Å²) in [7, 11) is 1.88. The Morgan fingerprint density at radius 2 is 1.94 bits per heavy atom. The molecule has 2 N–H and O–H groups in total. The molecule has 0 aliphatic carbocycles. The minimum atomic E-state index is 0.343. The zero-order chi connectivity index (χ0) is 13.4. The third kappa shape index (κ3) is 5.12. The summed E-state index contributed by atoms with van der Waals surface area (Å²) in [5.41, 5.74) is 0. The van der Waals surface area contributed by atoms with E-state index < -0.39 is 0 Å². The molecule has 5 heteroatoms. The fraction of sp³-hybridized carbons (Fsp3) is 0.692. The molecule has 0 spiro atoms. The predicted molar refractivity (Wildman–Crippen MR) is 81.8 cm³/mol. The molecule has 0 unspecified atom stereocenters. The number of nitrogens with one attached hydrogen (secondary N) is 2. The third-order valence-electron chi connectivity index (χ3n) is 2.60. The van der Waals surface area contributed by atoms with Crippen LogP contribution in [0.2, 0.25) is 0 Å². The Hall–Kier alpha value is -0.970. The van der Waals surface area contributed by atoms with E-state index in [1.54, 1.807) is 0 Å². The lowest BCUT2D eigenvalue weighted by Crippen LogP contribution is -2.08. The van der Waals surface area contributed by atoms with Crippen LogP contribution < -0.4 is 10.6 Å². The number of nitrogens with zero attached hydrogens (tertiary/aromatic N) is 2. The number of hydrogen-bond donors (Lipinski definition) is 2. The number of anilines is 2. The van der Waals surface area contributed by atoms with Crippen molar-refractivity contribution in [2.24, 2.45) is 0 Å². The maximum atomic E-state index is 4.53. The van der Waals surface area contributed by atoms with E-state index in [-0.39, 0.29) is 0 Å². The number of rotatable bonds is 8. The van der Waals surface area contributed by atoms with Gasteiger partial charge in [-0.2, -0.15) is 11.8 Å². The van der Waals surface area contributed by atoms with Crippen molar-refractivity contribution >= 4 is 23.4 Å². The van der Waals surface area contributed by atoms with Crippen molar-refractivity contribution in [3.05, 3.63) is 11.9 Å². The van der Waals surface area contributed by atoms with Crippen LogP contribution in [-0.2, 0) is 0 Å². The number of hydrogen-bond acceptors (Lipinski definition) is 5. The first-order valence-electron chi connectivity index (χ1n) is 6.47. The summed E-state index contributed by atoms with van der Waals surface area (Å²) in [4.78, 5) is 8.97. The lowest BCUT2D eigenvalue weighted by atomic mass is 10.2. The minimum Gasteiger partial charge on any atom is -0.373 e. The molecule has 0 atom stereocenters. The smallest absolute Gasteiger partial charge is 0.135 e. The van der Waals surface area contributed by atoms with Crippen molar-refractivity contribution in [2.45, 2.75) is 32.6 Å². The first-order chi connectivity index (χ1) is 8.67. The van der Waals surface area contributed by atoms with Crippen LogP contribution in [0.15, 0.2) is 6.07 Å². The predicted octanol–water partition coefficient (Wildman–Crippen LogP) is 3.20. The summed E-state index contributed by atoms with van der Waals surface area (Å²) in [6.07, 6.45) is 4.57. The molecule has 0 aromatic carbocycles. The van der Waals surface area contributed by atoms with E-state index in [9.17, 15) is 0 Å². The first-order valence-corrected chi connectivity index (χ1v) is 7.86. The van der Waals surface area contributed by atoms with Gasteiger partial charge in [0.05, 0.1) is 0 Å². The van der Waals surface area contributed by atoms with Crippen molar-refractivity contribution in [3.63, 3.8) is 0 Å². The largest absolute Gasteiger partial charge is 0.373 e. The molecule has 0 saturated carbocycles. The highest BCUT2D eigenvalue weighted by molar-refractivity contribution is 7.98. The summed E-state index contributed by atoms with van der Waals surface area (Å²) in [5, 5.41) is 6.45. The van der Waals surface area contributed by atoms with Gasteiger partial charge in [-0.3, -0.25) is 0 Å². The van der Waals surface area contributed by atoms with Gasteiger partial charge in [0.2, 0.25) is 0 Å². The molecule has 1 heterocycles. The normalized spacial score (nSPS) is 10.7. The van der Waals surface area contributed by atoms with Gasteiger partial charge in [-0.05, 0) is 24.9 Å². The zero-order valence-corrected chi connectivity index (χ0v) is 12.6. The summed E-state index contributed by atoms with van der Waals surface area (Å²) < 4.78 is 0. The van der Waals surface area contributed by atoms with Gasteiger partial charge in [0.25, 0.3) is 0 Å². The summed E-state index contributed by atoms with van der Waals surface area (Å²) in [6, 6.07) is 1.96. The van der Waals surface area contributed by atoms with E-state index in [1.165, 1.54) is 18.6 Å². The van der Waals surface area contributed by atoms with Crippen LogP contribution in [0.1, 0.15) is 38.4 Å². The quantitative estimate of drug-likeness (QED) is 0.709. The third-order valence-corrected chi connectivity index (χ3v) is 3.29. The standard InChI is InChI=1S/C13H24N4S/c1-10(2)13-16-11(14-3)9-12(17-13)15-7-5-6-8-18-4/h9-10H,5-8H2,1-4H3,(H2,14,15,16,17). The van der Waals surface area contributed by atoms with E-state index in [1.807, 2.05) is 24.9 Å². The SMILES string of the molecule is CNc1cc(NCCCCSC)nc(C(C)C)n1. The number of thioether (sulfide) groups is 1. The van der Waals surface area contributed by atoms with E-state index in [0.29, 0.717) is 5.92 Å². The fourth-order valence-corrected chi connectivity index (χ4v) is 2.02. The molecule has 0 amide bonds. The Morgan fingerprint density at radius 1 is 1.22 bits per heavy atom. The van der Waals surface area contributed by atoms with Gasteiger partial charge in [-0.1, -0.05) is 13.8 Å². The van der Waals surface area contributed by atoms with Crippen LogP contribution in [0.4, 0.5) is 11.6 Å². The lowest BCUT2D eigenvalue weighted by Gasteiger charge is -2.11. The molecule has 0 radical (unpaired) electrons. The molecule has 102 valence electrons. The lowest BCUT2D eigenvalue weighted by molar-refractivity contribution is 0.772. The minimum absolute atomic E-state index is 0.343. The maximum absolute atomic E-state index is 4.53. The van der Waals surface area contributed by atoms with Crippen LogP contribution >= 0.6 is 11.8 Å². The second-order valence-electron chi connectivity index (χ2n) is 4.53. The van der Waals surface area contributed by atoms with Gasteiger partial charge in [0, 0.05) is 25.6 Å². The van der Waals surface area contributed by atoms with Crippen LogP contribution in [0.3, 0.4) is 0 Å². The Morgan fingerprint density at radius 3 is 2.56 bits per heavy atom. The molecule has 18 heavy (non-hydrogen) atoms. The van der Waals surface area contributed by atoms with Crippen LogP contribution in [-0.4, -0.2) is 35.6 Å². The average molecular weight is 268 g/mol. The molecular formula is C13H24N4S. The second kappa shape index (κ2) is 8.19. The number of unbranched alkanes of at least 4 members (excludes halogenated alkanes) is 1. The van der Waals surface area contributed by atoms with Gasteiger partial charge in [-0.15, -0.1) is 0 Å². The summed E-state index contributed by atoms with van der Waals surface area (Å²) in [6.45, 7) is 5.19. The molecule has 1 aromatic heterocycles. The molecule has 1 aromatic rings. The van der Waals surface area contributed by atoms with Crippen molar-refractivity contribution in [1.29, 1.82) is 0 Å². The second-order valence-corrected chi connectivity index (χ2v) is 5.51. The average Bonchev–Trinajstić information content (AvgIpc) is 2.38. The highest BCUT2D eigenvalue weighted by Gasteiger charge is 2.06. The molecule has 0 bridgehead atoms. The van der Waals surface area contributed by atoms with Crippen molar-refractivity contribution in [3.8, 4) is 0 Å². The highest BCUT2D eigenvalue weighted by atomic mass is 32.2. The van der Waals surface area contributed by atoms with E-state index >= 15 is 0 Å². The van der Waals surface area contributed by atoms with E-state index in [2.05, 4.69) is 40.7 Å². The highest BCUT2D eigenvalue weighted by Crippen LogP contribution is 2.16. The topological polar surface area (TPSA) is 49.8 Å². The Labute approximate surface area is 114 Å². The molecule has 1 rings (SSSR count). The monoisotopic (exact) mass is 268 g/mol.